The molecule has 0 aliphatic rings. The molecule has 0 radical (unpaired) electrons. The normalized spacial score (nSPS) is 11.6. The molecule has 0 unspecified atom stereocenters. The van der Waals surface area contributed by atoms with Crippen LogP contribution in [0.1, 0.15) is 28.0 Å². The molecule has 0 amide bonds. The number of carbonyl (C=O) groups is 1. The maximum absolute atomic E-state index is 13.0. The van der Waals surface area contributed by atoms with E-state index in [0.717, 1.165) is 7.11 Å². The predicted molar refractivity (Wildman–Crippen MR) is 55.1 cm³/mol. The molecule has 1 aromatic rings. The van der Waals surface area contributed by atoms with Gasteiger partial charge < -0.3 is 15.2 Å². The van der Waals surface area contributed by atoms with Gasteiger partial charge in [0, 0.05) is 12.7 Å². The van der Waals surface area contributed by atoms with Crippen LogP contribution in [-0.4, -0.2) is 24.4 Å². The molecular weight excluding hydrogens is 291 g/mol. The molecule has 0 spiro atoms. The Morgan fingerprint density at radius 3 is 2.45 bits per heavy atom. The smallest absolute Gasteiger partial charge is 0.465 e. The molecular formula is C10H9F5N2O3. The Hall–Kier alpha value is -1.97. The lowest BCUT2D eigenvalue weighted by molar-refractivity contribution is -0.275. The molecule has 2 N–H and O–H groups in total. The van der Waals surface area contributed by atoms with Gasteiger partial charge in [0.2, 0.25) is 0 Å². The van der Waals surface area contributed by atoms with Crippen LogP contribution in [0.4, 0.5) is 22.0 Å². The Balaban J connectivity index is 3.53. The van der Waals surface area contributed by atoms with Crippen molar-refractivity contribution < 1.29 is 36.2 Å². The van der Waals surface area contributed by atoms with Crippen molar-refractivity contribution in [2.45, 2.75) is 19.3 Å². The number of rotatable bonds is 4. The zero-order valence-corrected chi connectivity index (χ0v) is 10.0. The molecule has 10 heteroatoms. The summed E-state index contributed by atoms with van der Waals surface area (Å²) < 4.78 is 70.4. The number of ether oxygens (including phenoxy) is 2. The van der Waals surface area contributed by atoms with E-state index in [0.29, 0.717) is 6.20 Å². The summed E-state index contributed by atoms with van der Waals surface area (Å²) in [4.78, 5) is 14.7. The van der Waals surface area contributed by atoms with E-state index in [-0.39, 0.29) is 0 Å². The van der Waals surface area contributed by atoms with E-state index in [1.807, 2.05) is 0 Å². The van der Waals surface area contributed by atoms with E-state index in [1.165, 1.54) is 0 Å². The molecule has 0 saturated carbocycles. The first kappa shape index (κ1) is 16.1. The summed E-state index contributed by atoms with van der Waals surface area (Å²) in [6.45, 7) is -0.577. The lowest BCUT2D eigenvalue weighted by Gasteiger charge is -2.17. The first-order chi connectivity index (χ1) is 9.21. The van der Waals surface area contributed by atoms with Crippen LogP contribution in [0.3, 0.4) is 0 Å². The second kappa shape index (κ2) is 5.99. The minimum atomic E-state index is -5.23. The summed E-state index contributed by atoms with van der Waals surface area (Å²) in [6.07, 6.45) is -7.97. The number of nitrogens with zero attached hydrogens (tertiary/aromatic N) is 1. The first-order valence-corrected chi connectivity index (χ1v) is 5.05. The van der Waals surface area contributed by atoms with Crippen LogP contribution in [0.5, 0.6) is 5.75 Å². The van der Waals surface area contributed by atoms with E-state index in [2.05, 4.69) is 14.5 Å². The molecule has 20 heavy (non-hydrogen) atoms. The molecule has 0 aliphatic heterocycles. The van der Waals surface area contributed by atoms with Crippen LogP contribution in [-0.2, 0) is 11.3 Å². The van der Waals surface area contributed by atoms with Crippen molar-refractivity contribution in [2.75, 3.05) is 7.11 Å². The molecule has 0 fully saturated rings. The van der Waals surface area contributed by atoms with Gasteiger partial charge in [-0.05, 0) is 0 Å². The molecule has 1 rings (SSSR count). The minimum Gasteiger partial charge on any atom is -0.465 e. The number of carbonyl (C=O) groups excluding carboxylic acids is 1. The highest BCUT2D eigenvalue weighted by Crippen LogP contribution is 2.37. The Morgan fingerprint density at radius 2 is 2.05 bits per heavy atom. The highest BCUT2D eigenvalue weighted by molar-refractivity contribution is 5.91. The van der Waals surface area contributed by atoms with E-state index in [4.69, 9.17) is 5.73 Å². The first-order valence-electron chi connectivity index (χ1n) is 5.05. The highest BCUT2D eigenvalue weighted by Gasteiger charge is 2.37. The number of methoxy groups -OCH3 is 1. The molecule has 0 bridgehead atoms. The monoisotopic (exact) mass is 300 g/mol. The number of halogens is 5. The molecule has 1 heterocycles. The summed E-state index contributed by atoms with van der Waals surface area (Å²) in [6, 6.07) is 0. The lowest BCUT2D eigenvalue weighted by atomic mass is 10.1. The standard InChI is InChI=1S/C10H9F5N2O3/c1-19-9(18)4-3-17-5(2-16)7(6(4)8(11)12)20-10(13,14)15/h3,8H,2,16H2,1H3. The second-order valence-electron chi connectivity index (χ2n) is 3.41. The van der Waals surface area contributed by atoms with Gasteiger partial charge in [-0.1, -0.05) is 0 Å². The van der Waals surface area contributed by atoms with Gasteiger partial charge in [-0.3, -0.25) is 4.98 Å². The van der Waals surface area contributed by atoms with Crippen LogP contribution in [0.25, 0.3) is 0 Å². The van der Waals surface area contributed by atoms with Gasteiger partial charge in [-0.15, -0.1) is 13.2 Å². The zero-order chi connectivity index (χ0) is 15.5. The number of nitrogens with two attached hydrogens (primary N) is 1. The summed E-state index contributed by atoms with van der Waals surface area (Å²) in [5.74, 6) is -2.54. The minimum absolute atomic E-state index is 0.551. The number of pyridine rings is 1. The molecule has 0 aliphatic carbocycles. The third-order valence-electron chi connectivity index (χ3n) is 2.18. The van der Waals surface area contributed by atoms with Gasteiger partial charge in [-0.2, -0.15) is 0 Å². The Labute approximate surface area is 109 Å². The maximum atomic E-state index is 13.0. The Morgan fingerprint density at radius 1 is 1.45 bits per heavy atom. The Bertz CT molecular complexity index is 504. The summed E-state index contributed by atoms with van der Waals surface area (Å²) in [5, 5.41) is 0. The average Bonchev–Trinajstić information content (AvgIpc) is 2.35. The number of aromatic nitrogens is 1. The SMILES string of the molecule is COC(=O)c1cnc(CN)c(OC(F)(F)F)c1C(F)F. The molecule has 1 aromatic heterocycles. The largest absolute Gasteiger partial charge is 0.573 e. The quantitative estimate of drug-likeness (QED) is 0.681. The summed E-state index contributed by atoms with van der Waals surface area (Å²) in [7, 11) is 0.888. The van der Waals surface area contributed by atoms with Gasteiger partial charge in [0.15, 0.2) is 5.75 Å². The maximum Gasteiger partial charge on any atom is 0.573 e. The van der Waals surface area contributed by atoms with Crippen molar-refractivity contribution in [3.63, 3.8) is 0 Å². The van der Waals surface area contributed by atoms with E-state index in [1.54, 1.807) is 0 Å². The van der Waals surface area contributed by atoms with Crippen LogP contribution < -0.4 is 10.5 Å². The molecule has 0 atom stereocenters. The van der Waals surface area contributed by atoms with Crippen molar-refractivity contribution in [1.29, 1.82) is 0 Å². The molecule has 5 nitrogen and oxygen atoms in total. The van der Waals surface area contributed by atoms with E-state index in [9.17, 15) is 26.7 Å². The highest BCUT2D eigenvalue weighted by atomic mass is 19.4. The van der Waals surface area contributed by atoms with Gasteiger partial charge in [0.25, 0.3) is 6.43 Å². The Kier molecular flexibility index (Phi) is 4.82. The average molecular weight is 300 g/mol. The predicted octanol–water partition coefficient (Wildman–Crippen LogP) is 2.16. The summed E-state index contributed by atoms with van der Waals surface area (Å²) in [5.41, 5.74) is 2.50. The van der Waals surface area contributed by atoms with Gasteiger partial charge in [0.1, 0.15) is 0 Å². The number of hydrogen-bond acceptors (Lipinski definition) is 5. The van der Waals surface area contributed by atoms with Gasteiger partial charge >= 0.3 is 12.3 Å². The molecule has 112 valence electrons. The van der Waals surface area contributed by atoms with Crippen molar-refractivity contribution in [1.82, 2.24) is 4.98 Å². The third-order valence-corrected chi connectivity index (χ3v) is 2.18. The van der Waals surface area contributed by atoms with Crippen LogP contribution in [0.15, 0.2) is 6.20 Å². The molecule has 0 saturated heterocycles. The van der Waals surface area contributed by atoms with Crippen molar-refractivity contribution >= 4 is 5.97 Å². The number of hydrogen-bond donors (Lipinski definition) is 1. The van der Waals surface area contributed by atoms with E-state index >= 15 is 0 Å². The topological polar surface area (TPSA) is 74.4 Å². The van der Waals surface area contributed by atoms with Crippen LogP contribution in [0.2, 0.25) is 0 Å². The fraction of sp³-hybridized carbons (Fsp3) is 0.400. The van der Waals surface area contributed by atoms with Crippen molar-refractivity contribution in [3.05, 3.63) is 23.0 Å². The van der Waals surface area contributed by atoms with E-state index < -0.39 is 47.9 Å². The fourth-order valence-corrected chi connectivity index (χ4v) is 1.41. The number of esters is 1. The fourth-order valence-electron chi connectivity index (χ4n) is 1.41. The summed E-state index contributed by atoms with van der Waals surface area (Å²) >= 11 is 0. The second-order valence-corrected chi connectivity index (χ2v) is 3.41. The van der Waals surface area contributed by atoms with Gasteiger partial charge in [0.05, 0.1) is 23.9 Å². The van der Waals surface area contributed by atoms with Crippen LogP contribution >= 0.6 is 0 Å². The van der Waals surface area contributed by atoms with Gasteiger partial charge in [-0.25, -0.2) is 13.6 Å². The molecule has 0 aromatic carbocycles. The number of alkyl halides is 5. The van der Waals surface area contributed by atoms with Crippen molar-refractivity contribution in [2.24, 2.45) is 5.73 Å². The zero-order valence-electron chi connectivity index (χ0n) is 10.0. The third kappa shape index (κ3) is 3.53. The van der Waals surface area contributed by atoms with Crippen molar-refractivity contribution in [3.8, 4) is 5.75 Å². The van der Waals surface area contributed by atoms with Crippen LogP contribution in [0, 0.1) is 0 Å². The lowest BCUT2D eigenvalue weighted by Crippen LogP contribution is -2.22.